The number of carboxylic acids is 1. The van der Waals surface area contributed by atoms with Crippen LogP contribution in [0.5, 0.6) is 5.75 Å². The number of benzene rings is 2. The molecule has 0 spiro atoms. The van der Waals surface area contributed by atoms with Crippen molar-refractivity contribution in [3.05, 3.63) is 54.6 Å². The Hall–Kier alpha value is -2.58. The number of aliphatic carboxylic acids is 1. The molecule has 1 atom stereocenters. The predicted octanol–water partition coefficient (Wildman–Crippen LogP) is 1.66. The van der Waals surface area contributed by atoms with Gasteiger partial charge < -0.3 is 14.7 Å². The van der Waals surface area contributed by atoms with E-state index in [2.05, 4.69) is 0 Å². The summed E-state index contributed by atoms with van der Waals surface area (Å²) in [7, 11) is -2.34. The Balaban J connectivity index is 1.88. The fourth-order valence-corrected chi connectivity index (χ4v) is 4.50. The van der Waals surface area contributed by atoms with Crippen LogP contribution in [-0.2, 0) is 14.8 Å². The number of nitrogens with zero attached hydrogens (tertiary/aromatic N) is 2. The van der Waals surface area contributed by atoms with Crippen molar-refractivity contribution in [3.8, 4) is 5.75 Å². The zero-order valence-corrected chi connectivity index (χ0v) is 15.1. The highest BCUT2D eigenvalue weighted by atomic mass is 32.2. The monoisotopic (exact) mass is 376 g/mol. The molecule has 1 heterocycles. The maximum atomic E-state index is 12.9. The average molecular weight is 376 g/mol. The zero-order chi connectivity index (χ0) is 18.7. The van der Waals surface area contributed by atoms with Crippen LogP contribution in [0.1, 0.15) is 0 Å². The van der Waals surface area contributed by atoms with Crippen LogP contribution >= 0.6 is 0 Å². The van der Waals surface area contributed by atoms with Gasteiger partial charge >= 0.3 is 5.97 Å². The summed E-state index contributed by atoms with van der Waals surface area (Å²) in [5.74, 6) is -0.622. The number of piperazine rings is 1. The molecule has 1 aliphatic heterocycles. The minimum atomic E-state index is -3.80. The second-order valence-electron chi connectivity index (χ2n) is 5.93. The van der Waals surface area contributed by atoms with E-state index in [1.165, 1.54) is 23.5 Å². The van der Waals surface area contributed by atoms with Crippen LogP contribution in [0.3, 0.4) is 0 Å². The maximum Gasteiger partial charge on any atom is 0.327 e. The molecule has 2 aromatic carbocycles. The van der Waals surface area contributed by atoms with Gasteiger partial charge in [-0.25, -0.2) is 13.2 Å². The Bertz CT molecular complexity index is 885. The van der Waals surface area contributed by atoms with E-state index in [0.717, 1.165) is 5.69 Å². The van der Waals surface area contributed by atoms with Crippen molar-refractivity contribution >= 4 is 21.7 Å². The van der Waals surface area contributed by atoms with E-state index >= 15 is 0 Å². The summed E-state index contributed by atoms with van der Waals surface area (Å²) in [5, 5.41) is 9.62. The molecule has 1 fully saturated rings. The maximum absolute atomic E-state index is 12.9. The molecule has 1 N–H and O–H groups in total. The number of carbonyl (C=O) groups is 1. The summed E-state index contributed by atoms with van der Waals surface area (Å²) in [5.41, 5.74) is 0.762. The Morgan fingerprint density at radius 3 is 2.50 bits per heavy atom. The molecule has 1 saturated heterocycles. The van der Waals surface area contributed by atoms with Crippen LogP contribution in [0.2, 0.25) is 0 Å². The lowest BCUT2D eigenvalue weighted by molar-refractivity contribution is -0.139. The van der Waals surface area contributed by atoms with Crippen LogP contribution < -0.4 is 9.64 Å². The molecule has 7 nitrogen and oxygen atoms in total. The minimum Gasteiger partial charge on any atom is -0.497 e. The first-order valence-corrected chi connectivity index (χ1v) is 9.56. The fraction of sp³-hybridized carbons (Fsp3) is 0.278. The Morgan fingerprint density at radius 1 is 1.12 bits per heavy atom. The van der Waals surface area contributed by atoms with Crippen molar-refractivity contribution in [3.63, 3.8) is 0 Å². The normalized spacial score (nSPS) is 18.5. The first-order chi connectivity index (χ1) is 12.4. The summed E-state index contributed by atoms with van der Waals surface area (Å²) in [6.45, 7) is 0.381. The first-order valence-electron chi connectivity index (χ1n) is 8.12. The van der Waals surface area contributed by atoms with Crippen molar-refractivity contribution in [1.82, 2.24) is 4.31 Å². The number of hydrogen-bond donors (Lipinski definition) is 1. The van der Waals surface area contributed by atoms with Gasteiger partial charge in [0.25, 0.3) is 0 Å². The quantitative estimate of drug-likeness (QED) is 0.854. The third kappa shape index (κ3) is 3.51. The Kier molecular flexibility index (Phi) is 5.15. The van der Waals surface area contributed by atoms with E-state index in [0.29, 0.717) is 12.3 Å². The molecule has 1 unspecified atom stereocenters. The number of carboxylic acid groups (broad SMARTS) is 1. The third-order valence-electron chi connectivity index (χ3n) is 4.39. The van der Waals surface area contributed by atoms with Gasteiger partial charge in [0.1, 0.15) is 11.8 Å². The lowest BCUT2D eigenvalue weighted by atomic mass is 10.1. The molecular formula is C18H20N2O5S. The van der Waals surface area contributed by atoms with Gasteiger partial charge in [-0.2, -0.15) is 4.31 Å². The number of methoxy groups -OCH3 is 1. The van der Waals surface area contributed by atoms with E-state index in [-0.39, 0.29) is 18.0 Å². The van der Waals surface area contributed by atoms with Gasteiger partial charge in [-0.1, -0.05) is 24.3 Å². The average Bonchev–Trinajstić information content (AvgIpc) is 2.68. The lowest BCUT2D eigenvalue weighted by Gasteiger charge is -2.40. The van der Waals surface area contributed by atoms with Gasteiger partial charge in [-0.3, -0.25) is 0 Å². The number of anilines is 1. The molecule has 3 rings (SSSR count). The number of sulfonamides is 1. The molecule has 0 bridgehead atoms. The van der Waals surface area contributed by atoms with E-state index in [4.69, 9.17) is 4.74 Å². The van der Waals surface area contributed by atoms with Gasteiger partial charge in [0, 0.05) is 31.4 Å². The number of rotatable bonds is 5. The van der Waals surface area contributed by atoms with Crippen molar-refractivity contribution in [2.75, 3.05) is 31.6 Å². The summed E-state index contributed by atoms with van der Waals surface area (Å²) in [6, 6.07) is 14.4. The van der Waals surface area contributed by atoms with Crippen LogP contribution in [0.15, 0.2) is 59.5 Å². The summed E-state index contributed by atoms with van der Waals surface area (Å²) in [6.07, 6.45) is 0. The molecule has 8 heteroatoms. The minimum absolute atomic E-state index is 0.0918. The van der Waals surface area contributed by atoms with Crippen LogP contribution in [0.25, 0.3) is 0 Å². The largest absolute Gasteiger partial charge is 0.497 e. The number of hydrogen-bond acceptors (Lipinski definition) is 5. The molecule has 0 saturated carbocycles. The predicted molar refractivity (Wildman–Crippen MR) is 97.0 cm³/mol. The topological polar surface area (TPSA) is 87.2 Å². The zero-order valence-electron chi connectivity index (χ0n) is 14.3. The highest BCUT2D eigenvalue weighted by molar-refractivity contribution is 7.89. The smallest absolute Gasteiger partial charge is 0.327 e. The van der Waals surface area contributed by atoms with Crippen molar-refractivity contribution in [1.29, 1.82) is 0 Å². The molecule has 0 amide bonds. The van der Waals surface area contributed by atoms with Gasteiger partial charge in [0.05, 0.1) is 12.0 Å². The molecular weight excluding hydrogens is 356 g/mol. The SMILES string of the molecule is COc1cccc(S(=O)(=O)N2CCN(c3ccccc3)C(C(=O)O)C2)c1. The van der Waals surface area contributed by atoms with Gasteiger partial charge in [0.2, 0.25) is 10.0 Å². The second-order valence-corrected chi connectivity index (χ2v) is 7.86. The van der Waals surface area contributed by atoms with Gasteiger partial charge in [-0.05, 0) is 24.3 Å². The molecule has 0 aliphatic carbocycles. The Morgan fingerprint density at radius 2 is 1.85 bits per heavy atom. The highest BCUT2D eigenvalue weighted by Gasteiger charge is 2.38. The first kappa shape index (κ1) is 18.2. The van der Waals surface area contributed by atoms with E-state index < -0.39 is 22.0 Å². The van der Waals surface area contributed by atoms with Crippen molar-refractivity contribution in [2.24, 2.45) is 0 Å². The Labute approximate surface area is 152 Å². The summed E-state index contributed by atoms with van der Waals surface area (Å²) >= 11 is 0. The molecule has 0 aromatic heterocycles. The highest BCUT2D eigenvalue weighted by Crippen LogP contribution is 2.26. The summed E-state index contributed by atoms with van der Waals surface area (Å²) < 4.78 is 32.2. The van der Waals surface area contributed by atoms with E-state index in [1.807, 2.05) is 30.3 Å². The number of ether oxygens (including phenoxy) is 1. The van der Waals surface area contributed by atoms with Crippen LogP contribution in [0, 0.1) is 0 Å². The third-order valence-corrected chi connectivity index (χ3v) is 6.26. The number of para-hydroxylation sites is 1. The van der Waals surface area contributed by atoms with E-state index in [9.17, 15) is 18.3 Å². The van der Waals surface area contributed by atoms with Crippen molar-refractivity contribution < 1.29 is 23.1 Å². The van der Waals surface area contributed by atoms with Crippen LogP contribution in [-0.4, -0.2) is 56.6 Å². The second kappa shape index (κ2) is 7.35. The molecule has 1 aliphatic rings. The fourth-order valence-electron chi connectivity index (χ4n) is 3.03. The van der Waals surface area contributed by atoms with Crippen LogP contribution in [0.4, 0.5) is 5.69 Å². The van der Waals surface area contributed by atoms with Gasteiger partial charge in [0.15, 0.2) is 0 Å². The van der Waals surface area contributed by atoms with Crippen molar-refractivity contribution in [2.45, 2.75) is 10.9 Å². The molecule has 2 aromatic rings. The summed E-state index contributed by atoms with van der Waals surface area (Å²) in [4.78, 5) is 13.6. The molecule has 138 valence electrons. The molecule has 26 heavy (non-hydrogen) atoms. The van der Waals surface area contributed by atoms with Gasteiger partial charge in [-0.15, -0.1) is 0 Å². The molecule has 0 radical (unpaired) electrons. The standard InChI is InChI=1S/C18H20N2O5S/c1-25-15-8-5-9-16(12-15)26(23,24)19-10-11-20(17(13-19)18(21)22)14-6-3-2-4-7-14/h2-9,12,17H,10-11,13H2,1H3,(H,21,22). The van der Waals surface area contributed by atoms with E-state index in [1.54, 1.807) is 17.0 Å². The lowest BCUT2D eigenvalue weighted by Crippen LogP contribution is -2.57.